The third-order valence-electron chi connectivity index (χ3n) is 4.59. The molecule has 0 aliphatic heterocycles. The molecule has 0 bridgehead atoms. The van der Waals surface area contributed by atoms with Crippen molar-refractivity contribution < 1.29 is 23.8 Å². The van der Waals surface area contributed by atoms with Crippen molar-refractivity contribution in [3.63, 3.8) is 0 Å². The van der Waals surface area contributed by atoms with Crippen molar-refractivity contribution in [1.82, 2.24) is 4.98 Å². The summed E-state index contributed by atoms with van der Waals surface area (Å²) in [5.74, 6) is 0.589. The Morgan fingerprint density at radius 1 is 1.03 bits per heavy atom. The molecule has 0 aliphatic rings. The molecule has 7 nitrogen and oxygen atoms in total. The summed E-state index contributed by atoms with van der Waals surface area (Å²) in [5, 5.41) is 2.29. The van der Waals surface area contributed by atoms with E-state index in [0.29, 0.717) is 22.3 Å². The van der Waals surface area contributed by atoms with Crippen LogP contribution < -0.4 is 14.4 Å². The summed E-state index contributed by atoms with van der Waals surface area (Å²) in [6, 6.07) is 12.7. The molecule has 3 aromatic rings. The van der Waals surface area contributed by atoms with E-state index in [-0.39, 0.29) is 19.1 Å². The number of anilines is 2. The molecule has 0 spiro atoms. The Hall–Kier alpha value is -3.39. The largest absolute Gasteiger partial charge is 0.497 e. The lowest BCUT2D eigenvalue weighted by atomic mass is 10.1. The van der Waals surface area contributed by atoms with Gasteiger partial charge in [-0.25, -0.2) is 9.78 Å². The highest BCUT2D eigenvalue weighted by Gasteiger charge is 2.19. The lowest BCUT2D eigenvalue weighted by Crippen LogP contribution is -2.22. The van der Waals surface area contributed by atoms with Crippen LogP contribution in [-0.2, 0) is 20.9 Å². The zero-order valence-electron chi connectivity index (χ0n) is 17.9. The number of ether oxygens (including phenoxy) is 3. The first-order valence-electron chi connectivity index (χ1n) is 9.62. The summed E-state index contributed by atoms with van der Waals surface area (Å²) >= 11 is 1.32. The van der Waals surface area contributed by atoms with Crippen LogP contribution in [0.25, 0.3) is 0 Å². The molecular formula is C23H24N2O5S. The molecule has 162 valence electrons. The maximum atomic E-state index is 12.3. The first-order valence-corrected chi connectivity index (χ1v) is 10.5. The zero-order valence-corrected chi connectivity index (χ0v) is 18.7. The molecule has 1 heterocycles. The molecule has 8 heteroatoms. The van der Waals surface area contributed by atoms with Gasteiger partial charge in [-0.2, -0.15) is 0 Å². The quantitative estimate of drug-likeness (QED) is 0.477. The first kappa shape index (κ1) is 22.3. The number of thiazole rings is 1. The molecule has 0 atom stereocenters. The number of amides is 1. The van der Waals surface area contributed by atoms with E-state index < -0.39 is 5.97 Å². The molecule has 0 radical (unpaired) electrons. The van der Waals surface area contributed by atoms with Crippen molar-refractivity contribution in [3.8, 4) is 11.5 Å². The molecule has 1 aromatic heterocycles. The second-order valence-corrected chi connectivity index (χ2v) is 7.71. The van der Waals surface area contributed by atoms with Crippen molar-refractivity contribution in [1.29, 1.82) is 0 Å². The molecule has 0 aliphatic carbocycles. The van der Waals surface area contributed by atoms with Crippen LogP contribution in [0.1, 0.15) is 23.7 Å². The lowest BCUT2D eigenvalue weighted by molar-refractivity contribution is -0.147. The van der Waals surface area contributed by atoms with Gasteiger partial charge >= 0.3 is 5.97 Å². The van der Waals surface area contributed by atoms with Crippen molar-refractivity contribution in [2.45, 2.75) is 27.4 Å². The molecular weight excluding hydrogens is 416 g/mol. The summed E-state index contributed by atoms with van der Waals surface area (Å²) in [5.41, 5.74) is 3.55. The van der Waals surface area contributed by atoms with Gasteiger partial charge in [0.2, 0.25) is 5.91 Å². The normalized spacial score (nSPS) is 10.5. The highest BCUT2D eigenvalue weighted by Crippen LogP contribution is 2.30. The average molecular weight is 441 g/mol. The van der Waals surface area contributed by atoms with E-state index in [1.807, 2.05) is 32.0 Å². The second-order valence-electron chi connectivity index (χ2n) is 6.87. The number of methoxy groups -OCH3 is 1. The maximum Gasteiger partial charge on any atom is 0.344 e. The van der Waals surface area contributed by atoms with Crippen LogP contribution in [-0.4, -0.2) is 30.6 Å². The number of benzene rings is 2. The number of nitrogens with zero attached hydrogens (tertiary/aromatic N) is 2. The van der Waals surface area contributed by atoms with E-state index in [1.165, 1.54) is 18.3 Å². The summed E-state index contributed by atoms with van der Waals surface area (Å²) in [4.78, 5) is 30.3. The van der Waals surface area contributed by atoms with Gasteiger partial charge in [-0.3, -0.25) is 9.69 Å². The Morgan fingerprint density at radius 3 is 2.39 bits per heavy atom. The van der Waals surface area contributed by atoms with Gasteiger partial charge in [0, 0.05) is 12.3 Å². The van der Waals surface area contributed by atoms with Crippen LogP contribution in [0.15, 0.2) is 47.8 Å². The monoisotopic (exact) mass is 440 g/mol. The second kappa shape index (κ2) is 10.1. The minimum Gasteiger partial charge on any atom is -0.497 e. The van der Waals surface area contributed by atoms with Gasteiger partial charge in [0.05, 0.1) is 18.5 Å². The SMILES string of the molecule is COc1ccc(OCC(=O)OCc2csc(N(C(C)=O)c3ccc(C)c(C)c3)n2)cc1. The van der Waals surface area contributed by atoms with Crippen LogP contribution in [0.4, 0.5) is 10.8 Å². The minimum absolute atomic E-state index is 0.0000236. The molecule has 2 aromatic carbocycles. The fraction of sp³-hybridized carbons (Fsp3) is 0.261. The lowest BCUT2D eigenvalue weighted by Gasteiger charge is -2.19. The van der Waals surface area contributed by atoms with Gasteiger partial charge < -0.3 is 14.2 Å². The molecule has 1 amide bonds. The Balaban J connectivity index is 1.58. The standard InChI is InChI=1S/C23H24N2O5S/c1-15-5-6-19(11-16(15)2)25(17(3)26)23-24-18(14-31-23)12-30-22(27)13-29-21-9-7-20(28-4)8-10-21/h5-11,14H,12-13H2,1-4H3. The molecule has 3 rings (SSSR count). The van der Waals surface area contributed by atoms with Gasteiger partial charge in [-0.1, -0.05) is 6.07 Å². The van der Waals surface area contributed by atoms with E-state index in [2.05, 4.69) is 4.98 Å². The number of esters is 1. The van der Waals surface area contributed by atoms with E-state index in [0.717, 1.165) is 16.8 Å². The maximum absolute atomic E-state index is 12.3. The zero-order chi connectivity index (χ0) is 22.4. The van der Waals surface area contributed by atoms with Gasteiger partial charge in [-0.15, -0.1) is 11.3 Å². The Bertz CT molecular complexity index is 1060. The Morgan fingerprint density at radius 2 is 1.74 bits per heavy atom. The summed E-state index contributed by atoms with van der Waals surface area (Å²) in [7, 11) is 1.58. The third kappa shape index (κ3) is 5.82. The molecule has 0 saturated heterocycles. The smallest absolute Gasteiger partial charge is 0.344 e. The number of aryl methyl sites for hydroxylation is 2. The molecule has 0 unspecified atom stereocenters. The van der Waals surface area contributed by atoms with Gasteiger partial charge in [0.15, 0.2) is 11.7 Å². The fourth-order valence-corrected chi connectivity index (χ4v) is 3.64. The fourth-order valence-electron chi connectivity index (χ4n) is 2.77. The summed E-state index contributed by atoms with van der Waals surface area (Å²) in [6.45, 7) is 5.29. The highest BCUT2D eigenvalue weighted by atomic mass is 32.1. The van der Waals surface area contributed by atoms with E-state index in [9.17, 15) is 9.59 Å². The minimum atomic E-state index is -0.511. The number of hydrogen-bond donors (Lipinski definition) is 0. The first-order chi connectivity index (χ1) is 14.9. The topological polar surface area (TPSA) is 78.0 Å². The number of aromatic nitrogens is 1. The highest BCUT2D eigenvalue weighted by molar-refractivity contribution is 7.14. The summed E-state index contributed by atoms with van der Waals surface area (Å²) < 4.78 is 15.7. The molecule has 0 saturated carbocycles. The van der Waals surface area contributed by atoms with E-state index in [4.69, 9.17) is 14.2 Å². The van der Waals surface area contributed by atoms with E-state index in [1.54, 1.807) is 41.7 Å². The molecule has 31 heavy (non-hydrogen) atoms. The van der Waals surface area contributed by atoms with Crippen LogP contribution in [0.3, 0.4) is 0 Å². The van der Waals surface area contributed by atoms with E-state index >= 15 is 0 Å². The van der Waals surface area contributed by atoms with Crippen LogP contribution in [0.2, 0.25) is 0 Å². The Labute approximate surface area is 185 Å². The number of rotatable bonds is 8. The van der Waals surface area contributed by atoms with Crippen LogP contribution in [0.5, 0.6) is 11.5 Å². The average Bonchev–Trinajstić information content (AvgIpc) is 3.22. The third-order valence-corrected chi connectivity index (χ3v) is 5.47. The predicted molar refractivity (Wildman–Crippen MR) is 119 cm³/mol. The van der Waals surface area contributed by atoms with Gasteiger partial charge in [0.1, 0.15) is 18.1 Å². The van der Waals surface area contributed by atoms with Gasteiger partial charge in [0.25, 0.3) is 0 Å². The Kier molecular flexibility index (Phi) is 7.25. The molecule has 0 fully saturated rings. The number of carbonyl (C=O) groups excluding carboxylic acids is 2. The van der Waals surface area contributed by atoms with Crippen molar-refractivity contribution in [3.05, 3.63) is 64.7 Å². The van der Waals surface area contributed by atoms with Crippen molar-refractivity contribution in [2.24, 2.45) is 0 Å². The van der Waals surface area contributed by atoms with Crippen LogP contribution in [0, 0.1) is 13.8 Å². The number of hydrogen-bond acceptors (Lipinski definition) is 7. The predicted octanol–water partition coefficient (Wildman–Crippen LogP) is 4.58. The summed E-state index contributed by atoms with van der Waals surface area (Å²) in [6.07, 6.45) is 0. The van der Waals surface area contributed by atoms with Crippen LogP contribution >= 0.6 is 11.3 Å². The van der Waals surface area contributed by atoms with Gasteiger partial charge in [-0.05, 0) is 61.4 Å². The molecule has 0 N–H and O–H groups in total. The number of carbonyl (C=O) groups is 2. The van der Waals surface area contributed by atoms with Crippen molar-refractivity contribution >= 4 is 34.0 Å². The van der Waals surface area contributed by atoms with Crippen molar-refractivity contribution in [2.75, 3.05) is 18.6 Å².